The number of hydrogen-bond donors (Lipinski definition) is 1. The monoisotopic (exact) mass is 441 g/mol. The van der Waals surface area contributed by atoms with Gasteiger partial charge in [0.15, 0.2) is 0 Å². The molecule has 0 fully saturated rings. The summed E-state index contributed by atoms with van der Waals surface area (Å²) in [7, 11) is 1.79. The number of unbranched alkanes of at least 4 members (excludes halogenated alkanes) is 1. The van der Waals surface area contributed by atoms with Gasteiger partial charge in [0.2, 0.25) is 0 Å². The number of carbonyl (C=O) groups is 2. The van der Waals surface area contributed by atoms with E-state index in [1.165, 1.54) is 6.08 Å². The number of esters is 1. The molecule has 2 aromatic carbocycles. The first kappa shape index (κ1) is 22.8. The van der Waals surface area contributed by atoms with Gasteiger partial charge in [-0.25, -0.2) is 4.79 Å². The van der Waals surface area contributed by atoms with Crippen molar-refractivity contribution < 1.29 is 14.3 Å². The lowest BCUT2D eigenvalue weighted by molar-refractivity contribution is -0.137. The molecular weight excluding hydrogens is 414 g/mol. The zero-order valence-corrected chi connectivity index (χ0v) is 18.7. The van der Waals surface area contributed by atoms with Crippen molar-refractivity contribution in [3.63, 3.8) is 0 Å². The van der Waals surface area contributed by atoms with Gasteiger partial charge >= 0.3 is 5.97 Å². The molecule has 164 valence electrons. The Kier molecular flexibility index (Phi) is 8.09. The third-order valence-electron chi connectivity index (χ3n) is 5.11. The fraction of sp³-hybridized carbons (Fsp3) is 0.333. The van der Waals surface area contributed by atoms with E-state index in [0.717, 1.165) is 43.0 Å². The van der Waals surface area contributed by atoms with E-state index in [1.54, 1.807) is 24.9 Å². The second-order valence-corrected chi connectivity index (χ2v) is 7.67. The Morgan fingerprint density at radius 1 is 1.13 bits per heavy atom. The molecule has 0 radical (unpaired) electrons. The number of nitrogens with zero attached hydrogens (tertiary/aromatic N) is 2. The summed E-state index contributed by atoms with van der Waals surface area (Å²) < 4.78 is 4.85. The maximum Gasteiger partial charge on any atom is 0.330 e. The van der Waals surface area contributed by atoms with Crippen molar-refractivity contribution in [2.24, 2.45) is 0 Å². The molecule has 1 aliphatic rings. The fourth-order valence-electron chi connectivity index (χ4n) is 3.60. The Bertz CT molecular complexity index is 961. The average molecular weight is 442 g/mol. The van der Waals surface area contributed by atoms with Gasteiger partial charge < -0.3 is 19.9 Å². The number of hydrogen-bond acceptors (Lipinski definition) is 5. The highest BCUT2D eigenvalue weighted by atomic mass is 35.5. The molecule has 1 amide bonds. The third kappa shape index (κ3) is 5.66. The Morgan fingerprint density at radius 3 is 2.74 bits per heavy atom. The number of ether oxygens (including phenoxy) is 1. The number of anilines is 3. The summed E-state index contributed by atoms with van der Waals surface area (Å²) in [5, 5.41) is 3.94. The number of para-hydroxylation sites is 1. The average Bonchev–Trinajstić information content (AvgIpc) is 2.85. The molecule has 0 unspecified atom stereocenters. The Balaban J connectivity index is 1.65. The van der Waals surface area contributed by atoms with Gasteiger partial charge in [0, 0.05) is 31.2 Å². The predicted molar refractivity (Wildman–Crippen MR) is 126 cm³/mol. The van der Waals surface area contributed by atoms with E-state index in [1.807, 2.05) is 42.5 Å². The van der Waals surface area contributed by atoms with Crippen LogP contribution in [0.3, 0.4) is 0 Å². The molecular formula is C24H28ClN3O3. The predicted octanol–water partition coefficient (Wildman–Crippen LogP) is 4.56. The van der Waals surface area contributed by atoms with Crippen molar-refractivity contribution in [3.8, 4) is 0 Å². The van der Waals surface area contributed by atoms with Gasteiger partial charge in [-0.2, -0.15) is 0 Å². The van der Waals surface area contributed by atoms with Crippen LogP contribution in [0.15, 0.2) is 54.6 Å². The number of rotatable bonds is 9. The number of carbonyl (C=O) groups excluding carboxylic acids is 2. The molecule has 0 aliphatic carbocycles. The first-order chi connectivity index (χ1) is 15.0. The summed E-state index contributed by atoms with van der Waals surface area (Å²) in [5.41, 5.74) is 3.34. The van der Waals surface area contributed by atoms with Gasteiger partial charge in [-0.1, -0.05) is 29.8 Å². The highest BCUT2D eigenvalue weighted by molar-refractivity contribution is 6.31. The van der Waals surface area contributed by atoms with Crippen LogP contribution in [0.2, 0.25) is 5.02 Å². The van der Waals surface area contributed by atoms with Crippen molar-refractivity contribution in [1.29, 1.82) is 0 Å². The first-order valence-electron chi connectivity index (χ1n) is 10.5. The van der Waals surface area contributed by atoms with Gasteiger partial charge in [0.25, 0.3) is 5.91 Å². The van der Waals surface area contributed by atoms with E-state index in [9.17, 15) is 9.59 Å². The highest BCUT2D eigenvalue weighted by Gasteiger charge is 2.28. The fourth-order valence-corrected chi connectivity index (χ4v) is 3.76. The molecule has 3 rings (SSSR count). The van der Waals surface area contributed by atoms with E-state index in [4.69, 9.17) is 16.3 Å². The molecule has 2 aromatic rings. The minimum absolute atomic E-state index is 0.0308. The largest absolute Gasteiger partial charge is 0.463 e. The lowest BCUT2D eigenvalue weighted by Crippen LogP contribution is -2.25. The number of benzene rings is 2. The van der Waals surface area contributed by atoms with E-state index in [0.29, 0.717) is 23.7 Å². The molecule has 0 aromatic heterocycles. The van der Waals surface area contributed by atoms with Crippen LogP contribution in [0, 0.1) is 0 Å². The molecule has 6 nitrogen and oxygen atoms in total. The van der Waals surface area contributed by atoms with Crippen LogP contribution >= 0.6 is 11.6 Å². The molecule has 0 saturated heterocycles. The summed E-state index contributed by atoms with van der Waals surface area (Å²) in [6.45, 7) is 4.36. The molecule has 1 N–H and O–H groups in total. The van der Waals surface area contributed by atoms with Gasteiger partial charge in [-0.3, -0.25) is 4.79 Å². The van der Waals surface area contributed by atoms with E-state index in [2.05, 4.69) is 10.2 Å². The zero-order chi connectivity index (χ0) is 22.2. The van der Waals surface area contributed by atoms with Crippen LogP contribution in [0.25, 0.3) is 0 Å². The number of amides is 1. The van der Waals surface area contributed by atoms with E-state index in [-0.39, 0.29) is 11.9 Å². The van der Waals surface area contributed by atoms with Gasteiger partial charge in [-0.05, 0) is 56.6 Å². The molecule has 0 atom stereocenters. The van der Waals surface area contributed by atoms with Gasteiger partial charge in [-0.15, -0.1) is 0 Å². The Hall–Kier alpha value is -2.83. The number of nitrogens with one attached hydrogen (secondary N) is 1. The van der Waals surface area contributed by atoms with Crippen molar-refractivity contribution in [3.05, 3.63) is 65.2 Å². The second kappa shape index (κ2) is 11.0. The standard InChI is InChI=1S/C24H28ClN3O3/c1-3-31-23(29)11-8-15-26-14-6-7-16-28-20-10-5-4-9-19(20)24(30)27(2)21-13-12-18(25)17-22(21)28/h4-5,8-13,17,26H,3,6-7,14-16H2,1-2H3/b11-8+. The summed E-state index contributed by atoms with van der Waals surface area (Å²) in [4.78, 5) is 28.1. The SMILES string of the molecule is CCOC(=O)/C=C/CNCCCCN1c2ccccc2C(=O)N(C)c2ccc(Cl)cc21. The highest BCUT2D eigenvalue weighted by Crippen LogP contribution is 2.41. The normalized spacial score (nSPS) is 13.2. The van der Waals surface area contributed by atoms with Crippen molar-refractivity contribution in [2.75, 3.05) is 43.1 Å². The van der Waals surface area contributed by atoms with E-state index < -0.39 is 0 Å². The van der Waals surface area contributed by atoms with Crippen LogP contribution < -0.4 is 15.1 Å². The van der Waals surface area contributed by atoms with Crippen LogP contribution in [-0.4, -0.2) is 45.2 Å². The number of fused-ring (bicyclic) bond motifs is 2. The lowest BCUT2D eigenvalue weighted by Gasteiger charge is -2.27. The topological polar surface area (TPSA) is 61.9 Å². The molecule has 0 spiro atoms. The van der Waals surface area contributed by atoms with Crippen LogP contribution in [0.5, 0.6) is 0 Å². The summed E-state index contributed by atoms with van der Waals surface area (Å²) in [6, 6.07) is 13.3. The van der Waals surface area contributed by atoms with Crippen molar-refractivity contribution in [1.82, 2.24) is 5.32 Å². The minimum atomic E-state index is -0.319. The maximum absolute atomic E-state index is 13.0. The van der Waals surface area contributed by atoms with Crippen molar-refractivity contribution >= 4 is 40.5 Å². The smallest absolute Gasteiger partial charge is 0.330 e. The third-order valence-corrected chi connectivity index (χ3v) is 5.34. The first-order valence-corrected chi connectivity index (χ1v) is 10.9. The minimum Gasteiger partial charge on any atom is -0.463 e. The summed E-state index contributed by atoms with van der Waals surface area (Å²) >= 11 is 6.30. The second-order valence-electron chi connectivity index (χ2n) is 7.23. The van der Waals surface area contributed by atoms with Gasteiger partial charge in [0.1, 0.15) is 0 Å². The number of halogens is 1. The Labute approximate surface area is 188 Å². The van der Waals surface area contributed by atoms with Crippen LogP contribution in [0.4, 0.5) is 17.1 Å². The van der Waals surface area contributed by atoms with Crippen molar-refractivity contribution in [2.45, 2.75) is 19.8 Å². The molecule has 31 heavy (non-hydrogen) atoms. The summed E-state index contributed by atoms with van der Waals surface area (Å²) in [6.07, 6.45) is 5.08. The molecule has 0 bridgehead atoms. The molecule has 7 heteroatoms. The van der Waals surface area contributed by atoms with Gasteiger partial charge in [0.05, 0.1) is 29.2 Å². The molecule has 1 heterocycles. The quantitative estimate of drug-likeness (QED) is 0.351. The molecule has 1 aliphatic heterocycles. The van der Waals surface area contributed by atoms with E-state index >= 15 is 0 Å². The van der Waals surface area contributed by atoms with Crippen LogP contribution in [-0.2, 0) is 9.53 Å². The Morgan fingerprint density at radius 2 is 1.94 bits per heavy atom. The molecule has 0 saturated carbocycles. The van der Waals surface area contributed by atoms with Crippen LogP contribution in [0.1, 0.15) is 30.1 Å². The maximum atomic E-state index is 13.0. The zero-order valence-electron chi connectivity index (χ0n) is 17.9. The summed E-state index contributed by atoms with van der Waals surface area (Å²) in [5.74, 6) is -0.349. The lowest BCUT2D eigenvalue weighted by atomic mass is 10.1.